The van der Waals surface area contributed by atoms with Crippen molar-refractivity contribution in [3.63, 3.8) is 0 Å². The minimum Gasteiger partial charge on any atom is -0.354 e. The number of aromatic nitrogens is 2. The molecule has 2 amide bonds. The van der Waals surface area contributed by atoms with Crippen LogP contribution in [0, 0.1) is 0 Å². The van der Waals surface area contributed by atoms with E-state index in [0.29, 0.717) is 25.9 Å². The highest BCUT2D eigenvalue weighted by Crippen LogP contribution is 2.12. The normalized spacial score (nSPS) is 19.6. The number of carbonyl (C=O) groups is 2. The van der Waals surface area contributed by atoms with Crippen LogP contribution in [0.25, 0.3) is 0 Å². The minimum absolute atomic E-state index is 0.00422. The lowest BCUT2D eigenvalue weighted by atomic mass is 10.1. The Morgan fingerprint density at radius 2 is 2.30 bits per heavy atom. The molecule has 2 heterocycles. The fourth-order valence-corrected chi connectivity index (χ4v) is 2.53. The molecule has 1 N–H and O–H groups in total. The Morgan fingerprint density at radius 1 is 1.50 bits per heavy atom. The van der Waals surface area contributed by atoms with Gasteiger partial charge < -0.3 is 10.2 Å². The molecule has 1 aromatic heterocycles. The van der Waals surface area contributed by atoms with Crippen LogP contribution in [0.1, 0.15) is 32.3 Å². The van der Waals surface area contributed by atoms with Gasteiger partial charge in [0.05, 0.1) is 12.6 Å². The van der Waals surface area contributed by atoms with Crippen molar-refractivity contribution in [3.8, 4) is 0 Å². The lowest BCUT2D eigenvalue weighted by Gasteiger charge is -2.27. The first-order valence-corrected chi connectivity index (χ1v) is 7.24. The summed E-state index contributed by atoms with van der Waals surface area (Å²) in [5.74, 6) is -0.0350. The molecule has 1 aliphatic rings. The molecule has 0 aromatic carbocycles. The maximum atomic E-state index is 12.4. The lowest BCUT2D eigenvalue weighted by molar-refractivity contribution is -0.139. The SMILES string of the molecule is CC[C@H]1C(=O)NCCCN1C(=O)Cc1cnn(CC)c1. The summed E-state index contributed by atoms with van der Waals surface area (Å²) in [7, 11) is 0. The summed E-state index contributed by atoms with van der Waals surface area (Å²) in [5.41, 5.74) is 0.899. The molecule has 1 aromatic rings. The Bertz CT molecular complexity index is 483. The van der Waals surface area contributed by atoms with Gasteiger partial charge in [0.25, 0.3) is 0 Å². The molecule has 0 spiro atoms. The lowest BCUT2D eigenvalue weighted by Crippen LogP contribution is -2.47. The van der Waals surface area contributed by atoms with Gasteiger partial charge in [0, 0.05) is 25.8 Å². The van der Waals surface area contributed by atoms with Gasteiger partial charge in [0.15, 0.2) is 0 Å². The zero-order valence-electron chi connectivity index (χ0n) is 12.1. The summed E-state index contributed by atoms with van der Waals surface area (Å²) in [5, 5.41) is 7.03. The third-order valence-electron chi connectivity index (χ3n) is 3.63. The van der Waals surface area contributed by atoms with Crippen LogP contribution >= 0.6 is 0 Å². The molecule has 2 rings (SSSR count). The maximum absolute atomic E-state index is 12.4. The Balaban J connectivity index is 2.07. The van der Waals surface area contributed by atoms with Gasteiger partial charge in [-0.05, 0) is 25.3 Å². The molecule has 110 valence electrons. The van der Waals surface area contributed by atoms with E-state index in [1.54, 1.807) is 15.8 Å². The molecular weight excluding hydrogens is 256 g/mol. The van der Waals surface area contributed by atoms with Crippen LogP contribution in [0.2, 0.25) is 0 Å². The summed E-state index contributed by atoms with van der Waals surface area (Å²) in [6, 6.07) is -0.341. The van der Waals surface area contributed by atoms with E-state index in [1.807, 2.05) is 20.0 Å². The predicted octanol–water partition coefficient (Wildman–Crippen LogP) is 0.573. The number of carbonyl (C=O) groups excluding carboxylic acids is 2. The van der Waals surface area contributed by atoms with E-state index < -0.39 is 0 Å². The van der Waals surface area contributed by atoms with Crippen LogP contribution < -0.4 is 5.32 Å². The fraction of sp³-hybridized carbons (Fsp3) is 0.643. The second-order valence-corrected chi connectivity index (χ2v) is 5.04. The highest BCUT2D eigenvalue weighted by Gasteiger charge is 2.29. The summed E-state index contributed by atoms with van der Waals surface area (Å²) < 4.78 is 1.80. The van der Waals surface area contributed by atoms with Gasteiger partial charge in [0.2, 0.25) is 11.8 Å². The number of rotatable bonds is 4. The monoisotopic (exact) mass is 278 g/mol. The minimum atomic E-state index is -0.341. The van der Waals surface area contributed by atoms with Gasteiger partial charge in [-0.2, -0.15) is 5.10 Å². The van der Waals surface area contributed by atoms with Crippen LogP contribution in [-0.2, 0) is 22.6 Å². The number of aryl methyl sites for hydroxylation is 1. The molecule has 0 bridgehead atoms. The van der Waals surface area contributed by atoms with Gasteiger partial charge in [-0.3, -0.25) is 14.3 Å². The summed E-state index contributed by atoms with van der Waals surface area (Å²) in [6.45, 7) is 6.01. The summed E-state index contributed by atoms with van der Waals surface area (Å²) >= 11 is 0. The molecule has 1 saturated heterocycles. The first-order chi connectivity index (χ1) is 9.65. The molecular formula is C14H22N4O2. The van der Waals surface area contributed by atoms with Crippen LogP contribution in [0.5, 0.6) is 0 Å². The second kappa shape index (κ2) is 6.54. The molecule has 1 atom stereocenters. The van der Waals surface area contributed by atoms with Gasteiger partial charge in [-0.1, -0.05) is 6.92 Å². The molecule has 6 nitrogen and oxygen atoms in total. The van der Waals surface area contributed by atoms with E-state index in [9.17, 15) is 9.59 Å². The number of nitrogens with one attached hydrogen (secondary N) is 1. The smallest absolute Gasteiger partial charge is 0.242 e. The van der Waals surface area contributed by atoms with E-state index in [-0.39, 0.29) is 17.9 Å². The van der Waals surface area contributed by atoms with E-state index in [4.69, 9.17) is 0 Å². The molecule has 0 radical (unpaired) electrons. The summed E-state index contributed by atoms with van der Waals surface area (Å²) in [4.78, 5) is 26.1. The van der Waals surface area contributed by atoms with Crippen molar-refractivity contribution < 1.29 is 9.59 Å². The zero-order valence-corrected chi connectivity index (χ0v) is 12.1. The molecule has 1 aliphatic heterocycles. The third kappa shape index (κ3) is 3.18. The van der Waals surface area contributed by atoms with Crippen LogP contribution in [0.3, 0.4) is 0 Å². The van der Waals surface area contributed by atoms with Crippen molar-refractivity contribution in [2.45, 2.75) is 45.7 Å². The second-order valence-electron chi connectivity index (χ2n) is 5.04. The number of nitrogens with zero attached hydrogens (tertiary/aromatic N) is 3. The first-order valence-electron chi connectivity index (χ1n) is 7.24. The van der Waals surface area contributed by atoms with E-state index >= 15 is 0 Å². The molecule has 1 fully saturated rings. The van der Waals surface area contributed by atoms with Crippen molar-refractivity contribution in [2.24, 2.45) is 0 Å². The molecule has 20 heavy (non-hydrogen) atoms. The fourth-order valence-electron chi connectivity index (χ4n) is 2.53. The average molecular weight is 278 g/mol. The van der Waals surface area contributed by atoms with Crippen molar-refractivity contribution in [1.29, 1.82) is 0 Å². The van der Waals surface area contributed by atoms with E-state index in [0.717, 1.165) is 18.5 Å². The standard InChI is InChI=1S/C14H22N4O2/c1-3-12-14(20)15-6-5-7-18(12)13(19)8-11-9-16-17(4-2)10-11/h9-10,12H,3-8H2,1-2H3,(H,15,20)/t12-/m0/s1. The Hall–Kier alpha value is -1.85. The topological polar surface area (TPSA) is 67.2 Å². The van der Waals surface area contributed by atoms with Crippen molar-refractivity contribution >= 4 is 11.8 Å². The molecule has 6 heteroatoms. The van der Waals surface area contributed by atoms with Crippen molar-refractivity contribution in [2.75, 3.05) is 13.1 Å². The highest BCUT2D eigenvalue weighted by atomic mass is 16.2. The van der Waals surface area contributed by atoms with Crippen LogP contribution in [0.15, 0.2) is 12.4 Å². The first kappa shape index (κ1) is 14.6. The van der Waals surface area contributed by atoms with Gasteiger partial charge in [-0.25, -0.2) is 0 Å². The van der Waals surface area contributed by atoms with Crippen LogP contribution in [0.4, 0.5) is 0 Å². The zero-order chi connectivity index (χ0) is 14.5. The number of amides is 2. The summed E-state index contributed by atoms with van der Waals surface area (Å²) in [6.07, 6.45) is 5.37. The van der Waals surface area contributed by atoms with E-state index in [2.05, 4.69) is 10.4 Å². The average Bonchev–Trinajstić information content (AvgIpc) is 2.80. The number of hydrogen-bond acceptors (Lipinski definition) is 3. The van der Waals surface area contributed by atoms with Gasteiger partial charge in [0.1, 0.15) is 6.04 Å². The van der Waals surface area contributed by atoms with Crippen LogP contribution in [-0.4, -0.2) is 45.6 Å². The Kier molecular flexibility index (Phi) is 4.76. The van der Waals surface area contributed by atoms with E-state index in [1.165, 1.54) is 0 Å². The largest absolute Gasteiger partial charge is 0.354 e. The predicted molar refractivity (Wildman–Crippen MR) is 75.0 cm³/mol. The maximum Gasteiger partial charge on any atom is 0.242 e. The Morgan fingerprint density at radius 3 is 2.95 bits per heavy atom. The molecule has 0 unspecified atom stereocenters. The van der Waals surface area contributed by atoms with Gasteiger partial charge in [-0.15, -0.1) is 0 Å². The Labute approximate surface area is 119 Å². The highest BCUT2D eigenvalue weighted by molar-refractivity contribution is 5.88. The van der Waals surface area contributed by atoms with Gasteiger partial charge >= 0.3 is 0 Å². The molecule has 0 saturated carbocycles. The number of hydrogen-bond donors (Lipinski definition) is 1. The van der Waals surface area contributed by atoms with Crippen molar-refractivity contribution in [3.05, 3.63) is 18.0 Å². The molecule has 0 aliphatic carbocycles. The quantitative estimate of drug-likeness (QED) is 0.875. The van der Waals surface area contributed by atoms with Crippen molar-refractivity contribution in [1.82, 2.24) is 20.0 Å². The third-order valence-corrected chi connectivity index (χ3v) is 3.63.